The van der Waals surface area contributed by atoms with Gasteiger partial charge in [-0.25, -0.2) is 22.0 Å². The van der Waals surface area contributed by atoms with Gasteiger partial charge in [0.1, 0.15) is 5.69 Å². The Morgan fingerprint density at radius 2 is 1.90 bits per heavy atom. The van der Waals surface area contributed by atoms with Gasteiger partial charge in [0.15, 0.2) is 11.6 Å². The molecular weight excluding hydrogens is 306 g/mol. The number of para-hydroxylation sites is 1. The molecule has 0 aliphatic carbocycles. The molecule has 0 spiro atoms. The number of rotatable bonds is 6. The van der Waals surface area contributed by atoms with Gasteiger partial charge in [0.05, 0.1) is 19.4 Å². The SMILES string of the molecule is CCOC(=O)NCCN(c1c(F)cccc1F)S(C)(=O)=O. The van der Waals surface area contributed by atoms with Crippen molar-refractivity contribution in [3.05, 3.63) is 29.8 Å². The van der Waals surface area contributed by atoms with Crippen LogP contribution in [0.25, 0.3) is 0 Å². The molecule has 0 bridgehead atoms. The molecule has 0 saturated heterocycles. The molecule has 0 radical (unpaired) electrons. The number of amides is 1. The Balaban J connectivity index is 2.91. The van der Waals surface area contributed by atoms with Crippen LogP contribution in [0.15, 0.2) is 18.2 Å². The number of anilines is 1. The average Bonchev–Trinajstić information content (AvgIpc) is 2.35. The van der Waals surface area contributed by atoms with Crippen LogP contribution in [-0.4, -0.2) is 40.5 Å². The molecule has 21 heavy (non-hydrogen) atoms. The predicted molar refractivity (Wildman–Crippen MR) is 73.6 cm³/mol. The number of ether oxygens (including phenoxy) is 1. The van der Waals surface area contributed by atoms with Crippen molar-refractivity contribution < 1.29 is 26.7 Å². The Morgan fingerprint density at radius 3 is 2.38 bits per heavy atom. The summed E-state index contributed by atoms with van der Waals surface area (Å²) in [6, 6.07) is 3.04. The molecule has 1 aromatic rings. The predicted octanol–water partition coefficient (Wildman–Crippen LogP) is 1.48. The third kappa shape index (κ3) is 4.85. The number of halogens is 2. The van der Waals surface area contributed by atoms with E-state index in [2.05, 4.69) is 10.1 Å². The van der Waals surface area contributed by atoms with Gasteiger partial charge in [-0.2, -0.15) is 0 Å². The molecule has 0 atom stereocenters. The monoisotopic (exact) mass is 322 g/mol. The standard InChI is InChI=1S/C12H16F2N2O4S/c1-3-20-12(17)15-7-8-16(21(2,18)19)11-9(13)5-4-6-10(11)14/h4-6H,3,7-8H2,1-2H3,(H,15,17). The summed E-state index contributed by atoms with van der Waals surface area (Å²) in [5.41, 5.74) is -0.675. The lowest BCUT2D eigenvalue weighted by Crippen LogP contribution is -2.39. The van der Waals surface area contributed by atoms with Crippen LogP contribution >= 0.6 is 0 Å². The topological polar surface area (TPSA) is 75.7 Å². The Bertz CT molecular complexity index is 587. The second kappa shape index (κ2) is 7.21. The van der Waals surface area contributed by atoms with Crippen molar-refractivity contribution in [3.63, 3.8) is 0 Å². The van der Waals surface area contributed by atoms with Crippen molar-refractivity contribution in [3.8, 4) is 0 Å². The molecule has 1 aromatic carbocycles. The number of carbonyl (C=O) groups excluding carboxylic acids is 1. The molecule has 0 fully saturated rings. The average molecular weight is 322 g/mol. The highest BCUT2D eigenvalue weighted by atomic mass is 32.2. The second-order valence-electron chi connectivity index (χ2n) is 4.05. The molecule has 0 saturated carbocycles. The third-order valence-electron chi connectivity index (χ3n) is 2.45. The fourth-order valence-electron chi connectivity index (χ4n) is 1.61. The molecule has 118 valence electrons. The van der Waals surface area contributed by atoms with Crippen LogP contribution in [-0.2, 0) is 14.8 Å². The molecule has 0 unspecified atom stereocenters. The van der Waals surface area contributed by atoms with Crippen LogP contribution in [0.3, 0.4) is 0 Å². The van der Waals surface area contributed by atoms with E-state index in [0.29, 0.717) is 4.31 Å². The normalized spacial score (nSPS) is 11.0. The van der Waals surface area contributed by atoms with Gasteiger partial charge in [0.25, 0.3) is 0 Å². The molecular formula is C12H16F2N2O4S. The molecule has 1 rings (SSSR count). The minimum atomic E-state index is -3.91. The van der Waals surface area contributed by atoms with E-state index in [9.17, 15) is 22.0 Å². The molecule has 0 aliphatic rings. The van der Waals surface area contributed by atoms with Crippen molar-refractivity contribution in [2.24, 2.45) is 0 Å². The molecule has 1 amide bonds. The van der Waals surface area contributed by atoms with Crippen LogP contribution in [0.2, 0.25) is 0 Å². The minimum absolute atomic E-state index is 0.153. The summed E-state index contributed by atoms with van der Waals surface area (Å²) in [5.74, 6) is -2.01. The Hall–Kier alpha value is -1.90. The number of benzene rings is 1. The van der Waals surface area contributed by atoms with E-state index in [-0.39, 0.29) is 19.7 Å². The maximum absolute atomic E-state index is 13.7. The lowest BCUT2D eigenvalue weighted by molar-refractivity contribution is 0.152. The van der Waals surface area contributed by atoms with Gasteiger partial charge in [0, 0.05) is 6.54 Å². The van der Waals surface area contributed by atoms with Crippen molar-refractivity contribution in [1.29, 1.82) is 0 Å². The number of hydrogen-bond acceptors (Lipinski definition) is 4. The van der Waals surface area contributed by atoms with Crippen LogP contribution in [0.4, 0.5) is 19.3 Å². The van der Waals surface area contributed by atoms with Crippen LogP contribution in [0.5, 0.6) is 0 Å². The number of hydrogen-bond donors (Lipinski definition) is 1. The first-order chi connectivity index (χ1) is 9.77. The van der Waals surface area contributed by atoms with Gasteiger partial charge in [-0.05, 0) is 19.1 Å². The lowest BCUT2D eigenvalue weighted by atomic mass is 10.3. The summed E-state index contributed by atoms with van der Waals surface area (Å²) >= 11 is 0. The van der Waals surface area contributed by atoms with Crippen LogP contribution in [0.1, 0.15) is 6.92 Å². The number of nitrogens with zero attached hydrogens (tertiary/aromatic N) is 1. The van der Waals surface area contributed by atoms with E-state index < -0.39 is 33.4 Å². The fourth-order valence-corrected chi connectivity index (χ4v) is 2.54. The first-order valence-corrected chi connectivity index (χ1v) is 7.94. The maximum atomic E-state index is 13.7. The van der Waals surface area contributed by atoms with Gasteiger partial charge < -0.3 is 10.1 Å². The summed E-state index contributed by atoms with van der Waals surface area (Å²) in [7, 11) is -3.91. The summed E-state index contributed by atoms with van der Waals surface area (Å²) in [6.45, 7) is 1.29. The quantitative estimate of drug-likeness (QED) is 0.861. The van der Waals surface area contributed by atoms with E-state index in [1.807, 2.05) is 0 Å². The number of nitrogens with one attached hydrogen (secondary N) is 1. The number of alkyl carbamates (subject to hydrolysis) is 1. The lowest BCUT2D eigenvalue weighted by Gasteiger charge is -2.23. The zero-order chi connectivity index (χ0) is 16.0. The fraction of sp³-hybridized carbons (Fsp3) is 0.417. The zero-order valence-electron chi connectivity index (χ0n) is 11.6. The molecule has 9 heteroatoms. The first kappa shape index (κ1) is 17.2. The van der Waals surface area contributed by atoms with Gasteiger partial charge in [-0.3, -0.25) is 4.31 Å². The summed E-state index contributed by atoms with van der Waals surface area (Å²) < 4.78 is 55.9. The van der Waals surface area contributed by atoms with E-state index >= 15 is 0 Å². The van der Waals surface area contributed by atoms with Crippen molar-refractivity contribution >= 4 is 21.8 Å². The van der Waals surface area contributed by atoms with Gasteiger partial charge in [-0.1, -0.05) is 6.07 Å². The zero-order valence-corrected chi connectivity index (χ0v) is 12.4. The van der Waals surface area contributed by atoms with Crippen molar-refractivity contribution in [1.82, 2.24) is 5.32 Å². The van der Waals surface area contributed by atoms with E-state index in [0.717, 1.165) is 24.5 Å². The van der Waals surface area contributed by atoms with E-state index in [1.54, 1.807) is 6.92 Å². The Labute approximate surface area is 121 Å². The number of sulfonamides is 1. The molecule has 6 nitrogen and oxygen atoms in total. The van der Waals surface area contributed by atoms with Gasteiger partial charge in [-0.15, -0.1) is 0 Å². The maximum Gasteiger partial charge on any atom is 0.407 e. The highest BCUT2D eigenvalue weighted by Gasteiger charge is 2.24. The molecule has 0 heterocycles. The molecule has 0 aromatic heterocycles. The smallest absolute Gasteiger partial charge is 0.407 e. The number of carbonyl (C=O) groups is 1. The second-order valence-corrected chi connectivity index (χ2v) is 5.96. The van der Waals surface area contributed by atoms with Crippen molar-refractivity contribution in [2.45, 2.75) is 6.92 Å². The molecule has 1 N–H and O–H groups in total. The summed E-state index contributed by atoms with van der Waals surface area (Å²) in [6.07, 6.45) is 0.0865. The highest BCUT2D eigenvalue weighted by molar-refractivity contribution is 7.92. The minimum Gasteiger partial charge on any atom is -0.450 e. The highest BCUT2D eigenvalue weighted by Crippen LogP contribution is 2.24. The Morgan fingerprint density at radius 1 is 1.33 bits per heavy atom. The van der Waals surface area contributed by atoms with Crippen LogP contribution < -0.4 is 9.62 Å². The summed E-state index contributed by atoms with van der Waals surface area (Å²) in [4.78, 5) is 11.1. The summed E-state index contributed by atoms with van der Waals surface area (Å²) in [5, 5.41) is 2.28. The Kier molecular flexibility index (Phi) is 5.89. The van der Waals surface area contributed by atoms with Gasteiger partial charge in [0.2, 0.25) is 10.0 Å². The van der Waals surface area contributed by atoms with E-state index in [4.69, 9.17) is 0 Å². The van der Waals surface area contributed by atoms with E-state index in [1.165, 1.54) is 0 Å². The molecule has 0 aliphatic heterocycles. The van der Waals surface area contributed by atoms with Crippen LogP contribution in [0, 0.1) is 11.6 Å². The van der Waals surface area contributed by atoms with Gasteiger partial charge >= 0.3 is 6.09 Å². The third-order valence-corrected chi connectivity index (χ3v) is 3.61. The van der Waals surface area contributed by atoms with Crippen molar-refractivity contribution in [2.75, 3.05) is 30.3 Å². The largest absolute Gasteiger partial charge is 0.450 e. The first-order valence-electron chi connectivity index (χ1n) is 6.09.